The second-order valence-electron chi connectivity index (χ2n) is 8.34. The van der Waals surface area contributed by atoms with Crippen molar-refractivity contribution in [1.29, 1.82) is 0 Å². The molecule has 4 aliphatic rings. The summed E-state index contributed by atoms with van der Waals surface area (Å²) in [6.45, 7) is 4.85. The van der Waals surface area contributed by atoms with Crippen LogP contribution in [0.1, 0.15) is 62.7 Å². The number of hydrogen-bond acceptors (Lipinski definition) is 1. The molecule has 0 aliphatic heterocycles. The van der Waals surface area contributed by atoms with Crippen molar-refractivity contribution in [2.45, 2.75) is 52.4 Å². The normalized spacial score (nSPS) is 47.6. The highest BCUT2D eigenvalue weighted by Crippen LogP contribution is 2.70. The van der Waals surface area contributed by atoms with Gasteiger partial charge in [0, 0.05) is 23.4 Å². The highest BCUT2D eigenvalue weighted by Gasteiger charge is 2.62. The average Bonchev–Trinajstić information content (AvgIpc) is 2.75. The maximum atomic E-state index is 13.0. The summed E-state index contributed by atoms with van der Waals surface area (Å²) in [4.78, 5) is 16.1. The molecular weight excluding hydrogens is 234 g/mol. The molecule has 4 aliphatic carbocycles. The predicted octanol–water partition coefficient (Wildman–Crippen LogP) is 4.19. The number of H-pyrrole nitrogens is 1. The molecule has 5 rings (SSSR count). The third kappa shape index (κ3) is 1.58. The van der Waals surface area contributed by atoms with E-state index >= 15 is 0 Å². The number of hydrogen-bond donors (Lipinski definition) is 1. The molecule has 102 valence electrons. The minimum Gasteiger partial charge on any atom is -0.367 e. The van der Waals surface area contributed by atoms with Gasteiger partial charge in [0.25, 0.3) is 0 Å². The third-order valence-electron chi connectivity index (χ3n) is 5.97. The van der Waals surface area contributed by atoms with Crippen molar-refractivity contribution in [3.05, 3.63) is 24.0 Å². The molecule has 2 atom stereocenters. The van der Waals surface area contributed by atoms with Crippen LogP contribution >= 0.6 is 0 Å². The Kier molecular flexibility index (Phi) is 2.06. The molecule has 0 radical (unpaired) electrons. The van der Waals surface area contributed by atoms with Gasteiger partial charge in [-0.25, -0.2) is 0 Å². The van der Waals surface area contributed by atoms with Crippen LogP contribution in [0.5, 0.6) is 0 Å². The maximum absolute atomic E-state index is 13.0. The van der Waals surface area contributed by atoms with Crippen molar-refractivity contribution >= 4 is 5.78 Å². The van der Waals surface area contributed by atoms with Crippen molar-refractivity contribution in [2.75, 3.05) is 0 Å². The van der Waals surface area contributed by atoms with E-state index in [9.17, 15) is 4.79 Å². The molecule has 2 nitrogen and oxygen atoms in total. The van der Waals surface area contributed by atoms with E-state index < -0.39 is 0 Å². The Hall–Kier alpha value is -1.05. The van der Waals surface area contributed by atoms with E-state index in [1.54, 1.807) is 0 Å². The number of aromatic nitrogens is 1. The van der Waals surface area contributed by atoms with Gasteiger partial charge in [0.05, 0.1) is 0 Å². The summed E-state index contributed by atoms with van der Waals surface area (Å²) in [5, 5.41) is 0. The molecule has 1 N–H and O–H groups in total. The Morgan fingerprint density at radius 2 is 1.84 bits per heavy atom. The smallest absolute Gasteiger partial charge is 0.170 e. The monoisotopic (exact) mass is 257 g/mol. The van der Waals surface area contributed by atoms with Crippen LogP contribution in [0.3, 0.4) is 0 Å². The van der Waals surface area contributed by atoms with Gasteiger partial charge in [-0.2, -0.15) is 0 Å². The summed E-state index contributed by atoms with van der Waals surface area (Å²) in [5.41, 5.74) is 1.68. The van der Waals surface area contributed by atoms with E-state index in [1.165, 1.54) is 19.3 Å². The number of carbonyl (C=O) groups excluding carboxylic acids is 1. The molecule has 4 fully saturated rings. The van der Waals surface area contributed by atoms with Gasteiger partial charge in [0.15, 0.2) is 5.78 Å². The molecule has 19 heavy (non-hydrogen) atoms. The number of Topliss-reactive ketones (excluding diaryl/α,β-unsaturated/α-hetero) is 1. The van der Waals surface area contributed by atoms with Crippen LogP contribution in [0.2, 0.25) is 0 Å². The Morgan fingerprint density at radius 1 is 1.16 bits per heavy atom. The number of ketones is 1. The molecule has 0 spiro atoms. The summed E-state index contributed by atoms with van der Waals surface area (Å²) >= 11 is 0. The fourth-order valence-electron chi connectivity index (χ4n) is 6.47. The number of nitrogens with one attached hydrogen (secondary N) is 1. The molecule has 0 saturated heterocycles. The molecule has 4 bridgehead atoms. The third-order valence-corrected chi connectivity index (χ3v) is 5.97. The molecule has 1 heterocycles. The second kappa shape index (κ2) is 3.34. The summed E-state index contributed by atoms with van der Waals surface area (Å²) in [6, 6.07) is 1.95. The van der Waals surface area contributed by atoms with Gasteiger partial charge in [-0.05, 0) is 61.3 Å². The second-order valence-corrected chi connectivity index (χ2v) is 8.34. The predicted molar refractivity (Wildman–Crippen MR) is 75.0 cm³/mol. The first-order chi connectivity index (χ1) is 8.92. The zero-order chi connectivity index (χ0) is 13.3. The summed E-state index contributed by atoms with van der Waals surface area (Å²) in [6.07, 6.45) is 11.2. The van der Waals surface area contributed by atoms with Crippen molar-refractivity contribution < 1.29 is 4.79 Å². The van der Waals surface area contributed by atoms with Crippen molar-refractivity contribution in [1.82, 2.24) is 4.98 Å². The fraction of sp³-hybridized carbons (Fsp3) is 0.706. The zero-order valence-electron chi connectivity index (χ0n) is 12.0. The fourth-order valence-corrected chi connectivity index (χ4v) is 6.47. The molecule has 0 aromatic carbocycles. The lowest BCUT2D eigenvalue weighted by atomic mass is 9.39. The Balaban J connectivity index is 1.77. The first kappa shape index (κ1) is 11.7. The molecule has 4 saturated carbocycles. The Morgan fingerprint density at radius 3 is 2.37 bits per heavy atom. The summed E-state index contributed by atoms with van der Waals surface area (Å²) < 4.78 is 0. The lowest BCUT2D eigenvalue weighted by Crippen LogP contribution is -2.57. The van der Waals surface area contributed by atoms with Gasteiger partial charge >= 0.3 is 0 Å². The number of aromatic amines is 1. The van der Waals surface area contributed by atoms with Crippen LogP contribution in [0.25, 0.3) is 0 Å². The molecular formula is C17H23NO. The lowest BCUT2D eigenvalue weighted by molar-refractivity contribution is -0.125. The van der Waals surface area contributed by atoms with Crippen LogP contribution in [-0.2, 0) is 0 Å². The van der Waals surface area contributed by atoms with Crippen LogP contribution in [0.4, 0.5) is 0 Å². The maximum Gasteiger partial charge on any atom is 0.170 e. The van der Waals surface area contributed by atoms with Crippen molar-refractivity contribution in [3.63, 3.8) is 0 Å². The van der Waals surface area contributed by atoms with Gasteiger partial charge in [-0.3, -0.25) is 4.79 Å². The SMILES string of the molecule is CC12CC3CC(C)(C1)CC(C(=O)c1cc[nH]c1)(C3)C2. The molecule has 1 aromatic rings. The molecule has 2 unspecified atom stereocenters. The van der Waals surface area contributed by atoms with Gasteiger partial charge in [0.2, 0.25) is 0 Å². The van der Waals surface area contributed by atoms with Crippen LogP contribution < -0.4 is 0 Å². The topological polar surface area (TPSA) is 32.9 Å². The van der Waals surface area contributed by atoms with E-state index in [1.807, 2.05) is 18.5 Å². The molecule has 1 aromatic heterocycles. The van der Waals surface area contributed by atoms with E-state index in [2.05, 4.69) is 18.8 Å². The van der Waals surface area contributed by atoms with Crippen LogP contribution in [0, 0.1) is 22.2 Å². The highest BCUT2D eigenvalue weighted by molar-refractivity contribution is 6.00. The quantitative estimate of drug-likeness (QED) is 0.792. The van der Waals surface area contributed by atoms with Crippen LogP contribution in [0.15, 0.2) is 18.5 Å². The summed E-state index contributed by atoms with van der Waals surface area (Å²) in [5.74, 6) is 1.20. The largest absolute Gasteiger partial charge is 0.367 e. The number of carbonyl (C=O) groups is 1. The van der Waals surface area contributed by atoms with Gasteiger partial charge in [0.1, 0.15) is 0 Å². The van der Waals surface area contributed by atoms with Gasteiger partial charge in [-0.1, -0.05) is 13.8 Å². The number of rotatable bonds is 2. The standard InChI is InChI=1S/C17H23NO/c1-15-5-12-6-16(2,9-15)11-17(7-12,10-15)14(19)13-3-4-18-8-13/h3-4,8,12,18H,5-7,9-11H2,1-2H3. The van der Waals surface area contributed by atoms with Gasteiger partial charge in [-0.15, -0.1) is 0 Å². The minimum absolute atomic E-state index is 0.0505. The average molecular weight is 257 g/mol. The minimum atomic E-state index is -0.0505. The van der Waals surface area contributed by atoms with E-state index in [4.69, 9.17) is 0 Å². The molecule has 0 amide bonds. The first-order valence-corrected chi connectivity index (χ1v) is 7.60. The summed E-state index contributed by atoms with van der Waals surface area (Å²) in [7, 11) is 0. The molecule has 2 heteroatoms. The zero-order valence-corrected chi connectivity index (χ0v) is 12.0. The Bertz CT molecular complexity index is 511. The van der Waals surface area contributed by atoms with E-state index in [-0.39, 0.29) is 5.41 Å². The first-order valence-electron chi connectivity index (χ1n) is 7.60. The van der Waals surface area contributed by atoms with Crippen molar-refractivity contribution in [3.8, 4) is 0 Å². The van der Waals surface area contributed by atoms with Crippen LogP contribution in [-0.4, -0.2) is 10.8 Å². The lowest BCUT2D eigenvalue weighted by Gasteiger charge is -2.64. The Labute approximate surface area is 115 Å². The van der Waals surface area contributed by atoms with E-state index in [0.717, 1.165) is 30.7 Å². The van der Waals surface area contributed by atoms with E-state index in [0.29, 0.717) is 16.6 Å². The van der Waals surface area contributed by atoms with Gasteiger partial charge < -0.3 is 4.98 Å². The van der Waals surface area contributed by atoms with Crippen molar-refractivity contribution in [2.24, 2.45) is 22.2 Å². The highest BCUT2D eigenvalue weighted by atomic mass is 16.1.